The first-order valence-electron chi connectivity index (χ1n) is 9.40. The molecular formula is C21H28O3. The molecule has 1 N–H and O–H groups in total. The van der Waals surface area contributed by atoms with E-state index in [1.165, 1.54) is 11.1 Å². The summed E-state index contributed by atoms with van der Waals surface area (Å²) < 4.78 is 0. The summed E-state index contributed by atoms with van der Waals surface area (Å²) in [6, 6.07) is 0. The van der Waals surface area contributed by atoms with Crippen LogP contribution in [0.15, 0.2) is 23.3 Å². The van der Waals surface area contributed by atoms with Crippen molar-refractivity contribution in [2.75, 3.05) is 6.61 Å². The van der Waals surface area contributed by atoms with E-state index >= 15 is 0 Å². The minimum atomic E-state index is -0.242. The second-order valence-corrected chi connectivity index (χ2v) is 8.96. The Morgan fingerprint density at radius 1 is 1.21 bits per heavy atom. The SMILES string of the molecule is CC1=CC(=O)C=C2CC[C@@H]3[C@H](CC[C@]4(C)C(=O)CC(CO)[C@@H]34)[C@@]12C. The zero-order valence-electron chi connectivity index (χ0n) is 15.0. The van der Waals surface area contributed by atoms with Gasteiger partial charge in [-0.05, 0) is 68.4 Å². The average Bonchev–Trinajstić information content (AvgIpc) is 2.80. The highest BCUT2D eigenvalue weighted by Crippen LogP contribution is 2.65. The van der Waals surface area contributed by atoms with Crippen molar-refractivity contribution in [2.45, 2.75) is 52.9 Å². The summed E-state index contributed by atoms with van der Waals surface area (Å²) in [7, 11) is 0. The van der Waals surface area contributed by atoms with E-state index in [1.54, 1.807) is 0 Å². The summed E-state index contributed by atoms with van der Waals surface area (Å²) in [5.74, 6) is 1.88. The van der Waals surface area contributed by atoms with Crippen LogP contribution in [0, 0.1) is 34.5 Å². The maximum atomic E-state index is 12.7. The van der Waals surface area contributed by atoms with E-state index in [0.29, 0.717) is 30.0 Å². The molecule has 24 heavy (non-hydrogen) atoms. The van der Waals surface area contributed by atoms with E-state index in [4.69, 9.17) is 0 Å². The molecule has 0 radical (unpaired) electrons. The number of Topliss-reactive ketones (excluding diaryl/α,β-unsaturated/α-hetero) is 1. The van der Waals surface area contributed by atoms with E-state index in [-0.39, 0.29) is 29.1 Å². The molecule has 4 aliphatic carbocycles. The lowest BCUT2D eigenvalue weighted by Gasteiger charge is -2.57. The fraction of sp³-hybridized carbons (Fsp3) is 0.714. The number of aliphatic hydroxyl groups excluding tert-OH is 1. The second kappa shape index (κ2) is 5.14. The lowest BCUT2D eigenvalue weighted by atomic mass is 9.46. The van der Waals surface area contributed by atoms with E-state index in [9.17, 15) is 14.7 Å². The van der Waals surface area contributed by atoms with Crippen molar-refractivity contribution in [1.29, 1.82) is 0 Å². The Hall–Kier alpha value is -1.22. The molecule has 0 bridgehead atoms. The summed E-state index contributed by atoms with van der Waals surface area (Å²) >= 11 is 0. The normalized spacial score (nSPS) is 47.5. The van der Waals surface area contributed by atoms with Crippen molar-refractivity contribution in [2.24, 2.45) is 34.5 Å². The van der Waals surface area contributed by atoms with Crippen LogP contribution in [0.5, 0.6) is 0 Å². The number of allylic oxidation sites excluding steroid dienone is 4. The first-order valence-corrected chi connectivity index (χ1v) is 9.40. The zero-order chi connectivity index (χ0) is 17.3. The minimum Gasteiger partial charge on any atom is -0.396 e. The van der Waals surface area contributed by atoms with Gasteiger partial charge in [0.2, 0.25) is 0 Å². The van der Waals surface area contributed by atoms with Crippen LogP contribution >= 0.6 is 0 Å². The van der Waals surface area contributed by atoms with Gasteiger partial charge in [-0.25, -0.2) is 0 Å². The minimum absolute atomic E-state index is 0.0379. The van der Waals surface area contributed by atoms with Gasteiger partial charge in [-0.1, -0.05) is 25.0 Å². The highest BCUT2D eigenvalue weighted by atomic mass is 16.3. The maximum absolute atomic E-state index is 12.7. The highest BCUT2D eigenvalue weighted by molar-refractivity contribution is 6.02. The third-order valence-corrected chi connectivity index (χ3v) is 8.17. The summed E-state index contributed by atoms with van der Waals surface area (Å²) in [5, 5.41) is 9.89. The Labute approximate surface area is 144 Å². The van der Waals surface area contributed by atoms with Crippen LogP contribution in [0.4, 0.5) is 0 Å². The lowest BCUT2D eigenvalue weighted by Crippen LogP contribution is -2.52. The molecule has 3 nitrogen and oxygen atoms in total. The van der Waals surface area contributed by atoms with Crippen LogP contribution < -0.4 is 0 Å². The van der Waals surface area contributed by atoms with Gasteiger partial charge < -0.3 is 5.11 Å². The van der Waals surface area contributed by atoms with Crippen molar-refractivity contribution < 1.29 is 14.7 Å². The quantitative estimate of drug-likeness (QED) is 0.802. The monoisotopic (exact) mass is 328 g/mol. The second-order valence-electron chi connectivity index (χ2n) is 8.96. The van der Waals surface area contributed by atoms with Crippen LogP contribution in [0.1, 0.15) is 52.9 Å². The molecule has 4 rings (SSSR count). The largest absolute Gasteiger partial charge is 0.396 e. The summed E-state index contributed by atoms with van der Waals surface area (Å²) in [5.41, 5.74) is 2.20. The molecule has 3 fully saturated rings. The van der Waals surface area contributed by atoms with Gasteiger partial charge in [0.1, 0.15) is 5.78 Å². The summed E-state index contributed by atoms with van der Waals surface area (Å²) in [6.45, 7) is 6.68. The van der Waals surface area contributed by atoms with E-state index in [0.717, 1.165) is 25.7 Å². The Balaban J connectivity index is 1.77. The van der Waals surface area contributed by atoms with Crippen LogP contribution in [0.3, 0.4) is 0 Å². The van der Waals surface area contributed by atoms with E-state index in [2.05, 4.69) is 20.8 Å². The smallest absolute Gasteiger partial charge is 0.178 e. The predicted molar refractivity (Wildman–Crippen MR) is 92.2 cm³/mol. The van der Waals surface area contributed by atoms with E-state index in [1.807, 2.05) is 12.2 Å². The highest BCUT2D eigenvalue weighted by Gasteiger charge is 2.62. The molecule has 4 aliphatic rings. The first kappa shape index (κ1) is 16.3. The summed E-state index contributed by atoms with van der Waals surface area (Å²) in [4.78, 5) is 24.6. The van der Waals surface area contributed by atoms with Gasteiger partial charge in [-0.3, -0.25) is 9.59 Å². The maximum Gasteiger partial charge on any atom is 0.178 e. The molecule has 6 atom stereocenters. The van der Waals surface area contributed by atoms with Crippen LogP contribution in [-0.4, -0.2) is 23.3 Å². The Bertz CT molecular complexity index is 673. The zero-order valence-corrected chi connectivity index (χ0v) is 15.0. The molecule has 0 aliphatic heterocycles. The molecular weight excluding hydrogens is 300 g/mol. The summed E-state index contributed by atoms with van der Waals surface area (Å²) in [6.07, 6.45) is 8.20. The number of carbonyl (C=O) groups is 2. The van der Waals surface area contributed by atoms with Gasteiger partial charge in [-0.15, -0.1) is 0 Å². The van der Waals surface area contributed by atoms with E-state index < -0.39 is 0 Å². The number of hydrogen-bond acceptors (Lipinski definition) is 3. The van der Waals surface area contributed by atoms with Gasteiger partial charge in [0.25, 0.3) is 0 Å². The molecule has 0 saturated heterocycles. The molecule has 0 aromatic carbocycles. The number of aliphatic hydroxyl groups is 1. The van der Waals surface area contributed by atoms with Gasteiger partial charge in [-0.2, -0.15) is 0 Å². The number of hydrogen-bond donors (Lipinski definition) is 1. The van der Waals surface area contributed by atoms with Crippen LogP contribution in [0.25, 0.3) is 0 Å². The van der Waals surface area contributed by atoms with Crippen molar-refractivity contribution in [1.82, 2.24) is 0 Å². The molecule has 0 aromatic heterocycles. The molecule has 0 spiro atoms. The topological polar surface area (TPSA) is 54.4 Å². The molecule has 3 heteroatoms. The third kappa shape index (κ3) is 1.88. The Kier molecular flexibility index (Phi) is 3.48. The van der Waals surface area contributed by atoms with Crippen molar-refractivity contribution in [3.63, 3.8) is 0 Å². The van der Waals surface area contributed by atoms with Crippen molar-refractivity contribution in [3.05, 3.63) is 23.3 Å². The van der Waals surface area contributed by atoms with Crippen LogP contribution in [0.2, 0.25) is 0 Å². The van der Waals surface area contributed by atoms with Gasteiger partial charge in [0.15, 0.2) is 5.78 Å². The molecule has 3 saturated carbocycles. The van der Waals surface area contributed by atoms with Gasteiger partial charge >= 0.3 is 0 Å². The average molecular weight is 328 g/mol. The van der Waals surface area contributed by atoms with Gasteiger partial charge in [0, 0.05) is 23.9 Å². The first-order chi connectivity index (χ1) is 11.3. The number of ketones is 2. The molecule has 1 unspecified atom stereocenters. The standard InChI is InChI=1S/C21H28O3/c1-12-8-15(23)10-14-4-5-16-17(21(12,14)3)6-7-20(2)18(24)9-13(11-22)19(16)20/h8,10,13,16-17,19,22H,4-7,9,11H2,1-3H3/t13?,16-,17+,19+,20-,21+/m1/s1. The predicted octanol–water partition coefficient (Wildman–Crippen LogP) is 3.47. The third-order valence-electron chi connectivity index (χ3n) is 8.17. The molecule has 0 heterocycles. The Morgan fingerprint density at radius 3 is 2.67 bits per heavy atom. The lowest BCUT2D eigenvalue weighted by molar-refractivity contribution is -0.132. The molecule has 0 aromatic rings. The van der Waals surface area contributed by atoms with Crippen molar-refractivity contribution >= 4 is 11.6 Å². The molecule has 130 valence electrons. The van der Waals surface area contributed by atoms with Gasteiger partial charge in [0.05, 0.1) is 0 Å². The number of carbonyl (C=O) groups excluding carboxylic acids is 2. The number of fused-ring (bicyclic) bond motifs is 5. The fourth-order valence-corrected chi connectivity index (χ4v) is 6.79. The Morgan fingerprint density at radius 2 is 1.96 bits per heavy atom. The number of rotatable bonds is 1. The van der Waals surface area contributed by atoms with Crippen molar-refractivity contribution in [3.8, 4) is 0 Å². The van der Waals surface area contributed by atoms with Crippen LogP contribution in [-0.2, 0) is 9.59 Å². The fourth-order valence-electron chi connectivity index (χ4n) is 6.79. The molecule has 0 amide bonds.